The molecule has 0 aliphatic heterocycles. The molecule has 36 heavy (non-hydrogen) atoms. The molecule has 0 aromatic rings. The first-order valence-electron chi connectivity index (χ1n) is 15.6. The molecule has 0 aliphatic carbocycles. The van der Waals surface area contributed by atoms with Crippen LogP contribution in [0.15, 0.2) is 0 Å². The Morgan fingerprint density at radius 1 is 0.722 bits per heavy atom. The van der Waals surface area contributed by atoms with Crippen LogP contribution >= 0.6 is 0 Å². The Morgan fingerprint density at radius 3 is 1.56 bits per heavy atom. The van der Waals surface area contributed by atoms with E-state index in [1.165, 1.54) is 96.3 Å². The molecule has 0 aromatic carbocycles. The Kier molecular flexibility index (Phi) is 23.0. The van der Waals surface area contributed by atoms with E-state index < -0.39 is 8.80 Å². The van der Waals surface area contributed by atoms with Crippen molar-refractivity contribution in [2.75, 3.05) is 26.4 Å². The predicted octanol–water partition coefficient (Wildman–Crippen LogP) is 8.26. The minimum absolute atomic E-state index is 0.0130. The maximum Gasteiger partial charge on any atom is 0.501 e. The van der Waals surface area contributed by atoms with Crippen molar-refractivity contribution in [1.29, 1.82) is 0 Å². The second kappa shape index (κ2) is 23.0. The summed E-state index contributed by atoms with van der Waals surface area (Å²) in [6.07, 6.45) is 21.7. The summed E-state index contributed by atoms with van der Waals surface area (Å²) in [6, 6.07) is 0.778. The Morgan fingerprint density at radius 2 is 1.17 bits per heavy atom. The van der Waals surface area contributed by atoms with Crippen molar-refractivity contribution < 1.29 is 18.4 Å². The summed E-state index contributed by atoms with van der Waals surface area (Å²) in [5.74, 6) is 0.866. The van der Waals surface area contributed by atoms with E-state index >= 15 is 0 Å². The summed E-state index contributed by atoms with van der Waals surface area (Å²) in [6.45, 7) is 14.2. The van der Waals surface area contributed by atoms with E-state index in [1.807, 2.05) is 13.8 Å². The first-order valence-corrected chi connectivity index (χ1v) is 17.5. The van der Waals surface area contributed by atoms with Crippen LogP contribution in [0.4, 0.5) is 0 Å². The SMILES string of the molecule is CCCCCCCCCCCCCCCCC(CC(C)C[Si](OCC)(OCC)OCCO)C(C)(C)N. The molecule has 2 unspecified atom stereocenters. The van der Waals surface area contributed by atoms with Crippen LogP contribution < -0.4 is 5.73 Å². The highest BCUT2D eigenvalue weighted by atomic mass is 28.4. The number of unbranched alkanes of at least 4 members (excludes halogenated alkanes) is 13. The van der Waals surface area contributed by atoms with Gasteiger partial charge in [-0.3, -0.25) is 0 Å². The fourth-order valence-electron chi connectivity index (χ4n) is 5.32. The van der Waals surface area contributed by atoms with Crippen molar-refractivity contribution in [3.63, 3.8) is 0 Å². The van der Waals surface area contributed by atoms with Crippen LogP contribution in [0.3, 0.4) is 0 Å². The number of hydrogen-bond donors (Lipinski definition) is 2. The maximum absolute atomic E-state index is 9.28. The molecule has 0 rings (SSSR count). The third-order valence-electron chi connectivity index (χ3n) is 7.39. The molecule has 218 valence electrons. The Labute approximate surface area is 227 Å². The molecule has 0 aromatic heterocycles. The van der Waals surface area contributed by atoms with Crippen LogP contribution in [0.25, 0.3) is 0 Å². The van der Waals surface area contributed by atoms with Gasteiger partial charge in [0, 0.05) is 24.8 Å². The average molecular weight is 532 g/mol. The highest BCUT2D eigenvalue weighted by Gasteiger charge is 2.43. The van der Waals surface area contributed by atoms with Gasteiger partial charge in [-0.25, -0.2) is 0 Å². The molecule has 0 saturated heterocycles. The zero-order valence-corrected chi connectivity index (χ0v) is 26.3. The summed E-state index contributed by atoms with van der Waals surface area (Å²) in [5.41, 5.74) is 6.43. The number of aliphatic hydroxyl groups excluding tert-OH is 1. The van der Waals surface area contributed by atoms with E-state index in [0.717, 1.165) is 12.5 Å². The molecule has 0 aliphatic rings. The van der Waals surface area contributed by atoms with Gasteiger partial charge in [0.05, 0.1) is 13.2 Å². The van der Waals surface area contributed by atoms with Gasteiger partial charge in [0.25, 0.3) is 0 Å². The number of rotatable bonds is 27. The van der Waals surface area contributed by atoms with Crippen molar-refractivity contribution in [2.24, 2.45) is 17.6 Å². The smallest absolute Gasteiger partial charge is 0.394 e. The standard InChI is InChI=1S/C30H65NO4Si/c1-7-10-11-12-13-14-15-16-17-18-19-20-21-22-23-29(30(5,6)31)26-28(4)27-36(33-8-2,34-9-3)35-25-24-32/h28-29,32H,7-27,31H2,1-6H3. The second-order valence-corrected chi connectivity index (χ2v) is 14.2. The van der Waals surface area contributed by atoms with Crippen molar-refractivity contribution in [3.05, 3.63) is 0 Å². The largest absolute Gasteiger partial charge is 0.501 e. The van der Waals surface area contributed by atoms with Crippen LogP contribution in [0.5, 0.6) is 0 Å². The lowest BCUT2D eigenvalue weighted by molar-refractivity contribution is 0.0488. The Bertz CT molecular complexity index is 466. The third-order valence-corrected chi connectivity index (χ3v) is 10.7. The monoisotopic (exact) mass is 531 g/mol. The molecule has 0 amide bonds. The first-order chi connectivity index (χ1) is 17.2. The molecule has 0 spiro atoms. The minimum Gasteiger partial charge on any atom is -0.394 e. The van der Waals surface area contributed by atoms with E-state index in [4.69, 9.17) is 19.0 Å². The molecule has 0 saturated carbocycles. The molecule has 2 atom stereocenters. The summed E-state index contributed by atoms with van der Waals surface area (Å²) >= 11 is 0. The lowest BCUT2D eigenvalue weighted by atomic mass is 9.79. The molecule has 5 nitrogen and oxygen atoms in total. The Balaban J connectivity index is 4.27. The first kappa shape index (κ1) is 36.0. The van der Waals surface area contributed by atoms with Crippen LogP contribution in [0.1, 0.15) is 144 Å². The fourth-order valence-corrected chi connectivity index (χ4v) is 8.22. The minimum atomic E-state index is -2.78. The van der Waals surface area contributed by atoms with Crippen LogP contribution in [-0.4, -0.2) is 45.9 Å². The molecular formula is C30H65NO4Si. The second-order valence-electron chi connectivity index (χ2n) is 11.6. The van der Waals surface area contributed by atoms with Crippen LogP contribution in [0.2, 0.25) is 6.04 Å². The van der Waals surface area contributed by atoms with Crippen molar-refractivity contribution in [3.8, 4) is 0 Å². The van der Waals surface area contributed by atoms with E-state index in [-0.39, 0.29) is 18.8 Å². The van der Waals surface area contributed by atoms with Gasteiger partial charge in [-0.1, -0.05) is 104 Å². The normalized spacial score (nSPS) is 14.3. The van der Waals surface area contributed by atoms with E-state index in [1.54, 1.807) is 0 Å². The number of aliphatic hydroxyl groups is 1. The number of nitrogens with two attached hydrogens (primary N) is 1. The summed E-state index contributed by atoms with van der Waals surface area (Å²) in [7, 11) is -2.78. The van der Waals surface area contributed by atoms with Crippen LogP contribution in [-0.2, 0) is 13.3 Å². The molecular weight excluding hydrogens is 466 g/mol. The topological polar surface area (TPSA) is 73.9 Å². The van der Waals surface area contributed by atoms with Crippen molar-refractivity contribution >= 4 is 8.80 Å². The fraction of sp³-hybridized carbons (Fsp3) is 1.00. The summed E-state index contributed by atoms with van der Waals surface area (Å²) in [5, 5.41) is 9.28. The van der Waals surface area contributed by atoms with Gasteiger partial charge in [-0.05, 0) is 52.4 Å². The van der Waals surface area contributed by atoms with Crippen molar-refractivity contribution in [1.82, 2.24) is 0 Å². The molecule has 3 N–H and O–H groups in total. The zero-order valence-electron chi connectivity index (χ0n) is 25.3. The van der Waals surface area contributed by atoms with Gasteiger partial charge < -0.3 is 24.1 Å². The van der Waals surface area contributed by atoms with Crippen molar-refractivity contribution in [2.45, 2.75) is 156 Å². The molecule has 0 radical (unpaired) electrons. The van der Waals surface area contributed by atoms with Gasteiger partial charge in [0.2, 0.25) is 0 Å². The average Bonchev–Trinajstić information content (AvgIpc) is 2.82. The van der Waals surface area contributed by atoms with Gasteiger partial charge >= 0.3 is 8.80 Å². The maximum atomic E-state index is 9.28. The molecule has 0 fully saturated rings. The van der Waals surface area contributed by atoms with E-state index in [0.29, 0.717) is 25.0 Å². The van der Waals surface area contributed by atoms with E-state index in [9.17, 15) is 5.11 Å². The zero-order chi connectivity index (χ0) is 27.1. The van der Waals surface area contributed by atoms with Gasteiger partial charge in [0.1, 0.15) is 0 Å². The quantitative estimate of drug-likeness (QED) is 0.0824. The lowest BCUT2D eigenvalue weighted by Crippen LogP contribution is -2.48. The molecule has 0 heterocycles. The molecule has 0 bridgehead atoms. The summed E-state index contributed by atoms with van der Waals surface area (Å²) < 4.78 is 18.1. The van der Waals surface area contributed by atoms with Gasteiger partial charge in [-0.2, -0.15) is 0 Å². The highest BCUT2D eigenvalue weighted by molar-refractivity contribution is 6.60. The summed E-state index contributed by atoms with van der Waals surface area (Å²) in [4.78, 5) is 0. The van der Waals surface area contributed by atoms with Gasteiger partial charge in [-0.15, -0.1) is 0 Å². The van der Waals surface area contributed by atoms with Crippen LogP contribution in [0, 0.1) is 11.8 Å². The number of hydrogen-bond acceptors (Lipinski definition) is 5. The van der Waals surface area contributed by atoms with E-state index in [2.05, 4.69) is 27.7 Å². The van der Waals surface area contributed by atoms with Gasteiger partial charge in [0.15, 0.2) is 0 Å². The predicted molar refractivity (Wildman–Crippen MR) is 157 cm³/mol. The molecule has 6 heteroatoms. The lowest BCUT2D eigenvalue weighted by Gasteiger charge is -2.35. The Hall–Kier alpha value is 0.0169. The third kappa shape index (κ3) is 19.1. The highest BCUT2D eigenvalue weighted by Crippen LogP contribution is 2.32.